The van der Waals surface area contributed by atoms with Gasteiger partial charge in [-0.3, -0.25) is 0 Å². The van der Waals surface area contributed by atoms with E-state index in [0.29, 0.717) is 0 Å². The van der Waals surface area contributed by atoms with Crippen LogP contribution in [0.1, 0.15) is 39.3 Å². The van der Waals surface area contributed by atoms with Crippen molar-refractivity contribution in [1.29, 1.82) is 31.6 Å². The van der Waals surface area contributed by atoms with Gasteiger partial charge in [-0.05, 0) is 11.1 Å². The van der Waals surface area contributed by atoms with Crippen molar-refractivity contribution in [2.24, 2.45) is 5.92 Å². The summed E-state index contributed by atoms with van der Waals surface area (Å²) in [6.45, 7) is 0. The van der Waals surface area contributed by atoms with Crippen LogP contribution in [0.25, 0.3) is 11.1 Å². The summed E-state index contributed by atoms with van der Waals surface area (Å²) in [5, 5.41) is 56.0. The summed E-state index contributed by atoms with van der Waals surface area (Å²) in [7, 11) is 0. The summed E-state index contributed by atoms with van der Waals surface area (Å²) in [6.07, 6.45) is 0. The van der Waals surface area contributed by atoms with Gasteiger partial charge in [-0.1, -0.05) is 0 Å². The van der Waals surface area contributed by atoms with E-state index in [2.05, 4.69) is 0 Å². The molecule has 6 nitrogen and oxygen atoms in total. The Bertz CT molecular complexity index is 2150. The second-order valence-corrected chi connectivity index (χ2v) is 9.28. The average molecular weight is 674 g/mol. The van der Waals surface area contributed by atoms with Crippen molar-refractivity contribution in [1.82, 2.24) is 0 Å². The Morgan fingerprint density at radius 3 is 0.917 bits per heavy atom. The van der Waals surface area contributed by atoms with Gasteiger partial charge in [-0.25, -0.2) is 52.7 Å². The van der Waals surface area contributed by atoms with Gasteiger partial charge in [0.15, 0.2) is 69.8 Å². The van der Waals surface area contributed by atoms with Crippen molar-refractivity contribution in [3.8, 4) is 36.4 Å². The third-order valence-corrected chi connectivity index (χ3v) is 7.03. The van der Waals surface area contributed by atoms with E-state index in [1.165, 1.54) is 0 Å². The zero-order valence-electron chi connectivity index (χ0n) is 22.4. The lowest BCUT2D eigenvalue weighted by Gasteiger charge is -2.13. The second kappa shape index (κ2) is 12.2. The summed E-state index contributed by atoms with van der Waals surface area (Å²) >= 11 is 0. The molecule has 3 aromatic rings. The van der Waals surface area contributed by atoms with Gasteiger partial charge in [0.05, 0.1) is 34.3 Å². The first-order chi connectivity index (χ1) is 22.6. The van der Waals surface area contributed by atoms with Crippen LogP contribution >= 0.6 is 0 Å². The van der Waals surface area contributed by atoms with E-state index in [0.717, 1.165) is 36.4 Å². The van der Waals surface area contributed by atoms with E-state index in [4.69, 9.17) is 15.8 Å². The van der Waals surface area contributed by atoms with Crippen molar-refractivity contribution in [3.05, 3.63) is 114 Å². The van der Waals surface area contributed by atoms with Gasteiger partial charge in [-0.2, -0.15) is 31.6 Å². The minimum Gasteiger partial charge on any atom is -0.203 e. The van der Waals surface area contributed by atoms with Gasteiger partial charge in [0.2, 0.25) is 0 Å². The number of rotatable bonds is 4. The normalized spacial score (nSPS) is 16.0. The Labute approximate surface area is 258 Å². The Hall–Kier alpha value is -6.76. The van der Waals surface area contributed by atoms with Gasteiger partial charge >= 0.3 is 0 Å². The predicted octanol–water partition coefficient (Wildman–Crippen LogP) is 7.16. The van der Waals surface area contributed by atoms with Crippen molar-refractivity contribution in [2.45, 2.75) is 5.92 Å². The van der Waals surface area contributed by atoms with Crippen LogP contribution in [0.15, 0.2) is 11.1 Å². The molecule has 0 aliphatic heterocycles. The van der Waals surface area contributed by atoms with Crippen LogP contribution in [-0.2, 0) is 0 Å². The number of allylic oxidation sites excluding steroid dienone is 4. The molecule has 0 amide bonds. The maximum Gasteiger partial charge on any atom is 0.180 e. The van der Waals surface area contributed by atoms with E-state index < -0.39 is 137 Å². The molecule has 1 atom stereocenters. The molecule has 3 aromatic carbocycles. The summed E-state index contributed by atoms with van der Waals surface area (Å²) in [4.78, 5) is 0. The average Bonchev–Trinajstić information content (AvgIpc) is 3.78. The maximum atomic E-state index is 15.1. The minimum absolute atomic E-state index is 0.775. The molecule has 0 N–H and O–H groups in total. The summed E-state index contributed by atoms with van der Waals surface area (Å²) in [6, 6.07) is 5.38. The van der Waals surface area contributed by atoms with Crippen LogP contribution in [0.5, 0.6) is 0 Å². The highest BCUT2D eigenvalue weighted by molar-refractivity contribution is 5.98. The minimum atomic E-state index is -2.84. The first-order valence-corrected chi connectivity index (χ1v) is 12.1. The Morgan fingerprint density at radius 1 is 0.417 bits per heavy atom. The van der Waals surface area contributed by atoms with E-state index in [9.17, 15) is 42.1 Å². The first kappa shape index (κ1) is 34.1. The summed E-state index contributed by atoms with van der Waals surface area (Å²) < 4.78 is 177. The molecule has 0 spiro atoms. The van der Waals surface area contributed by atoms with E-state index >= 15 is 26.3 Å². The lowest BCUT2D eigenvalue weighted by atomic mass is 9.90. The molecule has 1 unspecified atom stereocenters. The van der Waals surface area contributed by atoms with E-state index in [1.54, 1.807) is 0 Å². The lowest BCUT2D eigenvalue weighted by molar-refractivity contribution is 0.429. The molecule has 0 saturated heterocycles. The standard InChI is InChI=1S/C30H2F12N6/c31-19-10(4-46)20(32)26(38)16(25(19)37)7(1-43)13-14(8(2-44)17-27(39)21(33)11(5-47)22(34)28(17)40)15(13)9(3-45)18-29(41)23(35)12(6-48)24(36)30(18)42/h7,13H/b14-8+,15-9+. The van der Waals surface area contributed by atoms with E-state index in [1.807, 2.05) is 0 Å². The molecular weight excluding hydrogens is 672 g/mol. The Kier molecular flexibility index (Phi) is 8.68. The van der Waals surface area contributed by atoms with Crippen LogP contribution in [0.4, 0.5) is 52.7 Å². The van der Waals surface area contributed by atoms with Crippen molar-refractivity contribution < 1.29 is 52.7 Å². The Morgan fingerprint density at radius 2 is 0.688 bits per heavy atom. The zero-order valence-corrected chi connectivity index (χ0v) is 22.4. The van der Waals surface area contributed by atoms with Crippen LogP contribution in [0.2, 0.25) is 0 Å². The number of halogens is 12. The predicted molar refractivity (Wildman–Crippen MR) is 130 cm³/mol. The summed E-state index contributed by atoms with van der Waals surface area (Å²) in [5.41, 5.74) is -17.7. The van der Waals surface area contributed by atoms with Crippen LogP contribution in [0.3, 0.4) is 0 Å². The molecule has 48 heavy (non-hydrogen) atoms. The zero-order chi connectivity index (χ0) is 36.1. The summed E-state index contributed by atoms with van der Waals surface area (Å²) in [5.74, 6) is -34.9. The van der Waals surface area contributed by atoms with Crippen molar-refractivity contribution >= 4 is 11.1 Å². The smallest absolute Gasteiger partial charge is 0.180 e. The first-order valence-electron chi connectivity index (χ1n) is 12.1. The van der Waals surface area contributed by atoms with Gasteiger partial charge in [0.25, 0.3) is 0 Å². The van der Waals surface area contributed by atoms with Crippen molar-refractivity contribution in [2.75, 3.05) is 0 Å². The van der Waals surface area contributed by atoms with Gasteiger partial charge < -0.3 is 0 Å². The number of benzene rings is 3. The molecule has 4 rings (SSSR count). The number of hydrogen-bond acceptors (Lipinski definition) is 6. The Balaban J connectivity index is 2.27. The van der Waals surface area contributed by atoms with E-state index in [-0.39, 0.29) is 0 Å². The molecule has 1 fully saturated rings. The number of nitrogens with zero attached hydrogens (tertiary/aromatic N) is 6. The topological polar surface area (TPSA) is 143 Å². The third-order valence-electron chi connectivity index (χ3n) is 7.03. The fraction of sp³-hybridized carbons (Fsp3) is 0.0667. The van der Waals surface area contributed by atoms with Crippen LogP contribution < -0.4 is 0 Å². The molecule has 1 aliphatic rings. The highest BCUT2D eigenvalue weighted by Crippen LogP contribution is 2.60. The molecule has 0 radical (unpaired) electrons. The molecule has 0 bridgehead atoms. The monoisotopic (exact) mass is 674 g/mol. The third kappa shape index (κ3) is 4.64. The molecule has 1 aliphatic carbocycles. The largest absolute Gasteiger partial charge is 0.203 e. The van der Waals surface area contributed by atoms with Gasteiger partial charge in [-0.15, -0.1) is 0 Å². The maximum absolute atomic E-state index is 15.1. The van der Waals surface area contributed by atoms with Gasteiger partial charge in [0.1, 0.15) is 47.0 Å². The van der Waals surface area contributed by atoms with Gasteiger partial charge in [0, 0.05) is 11.5 Å². The number of nitriles is 6. The highest BCUT2D eigenvalue weighted by atomic mass is 19.2. The molecule has 236 valence electrons. The fourth-order valence-corrected chi connectivity index (χ4v) is 4.88. The highest BCUT2D eigenvalue weighted by Gasteiger charge is 2.53. The molecular formula is C30H2F12N6. The lowest BCUT2D eigenvalue weighted by Crippen LogP contribution is -2.12. The second-order valence-electron chi connectivity index (χ2n) is 9.28. The SMILES string of the molecule is N#C/C(=C1\C(=C(/C#N)c2c(F)c(F)c(C#N)c(F)c2F)C1C(C#N)c1c(F)c(F)c(C#N)c(F)c1F)c1c(F)c(F)c(C#N)c(F)c1F. The van der Waals surface area contributed by atoms with Crippen molar-refractivity contribution in [3.63, 3.8) is 0 Å². The molecule has 0 aromatic heterocycles. The molecule has 1 saturated carbocycles. The van der Waals surface area contributed by atoms with Crippen LogP contribution in [-0.4, -0.2) is 0 Å². The number of hydrogen-bond donors (Lipinski definition) is 0. The fourth-order valence-electron chi connectivity index (χ4n) is 4.88. The van der Waals surface area contributed by atoms with Crippen LogP contribution in [0, 0.1) is 144 Å². The quantitative estimate of drug-likeness (QED) is 0.163. The molecule has 0 heterocycles. The molecule has 18 heteroatoms.